The maximum Gasteiger partial charge on any atom is 0.279 e. The quantitative estimate of drug-likeness (QED) is 0.387. The van der Waals surface area contributed by atoms with Gasteiger partial charge in [-0.2, -0.15) is 4.99 Å². The number of hydrogen-bond donors (Lipinski definition) is 0. The number of hydrogen-bond acceptors (Lipinski definition) is 3. The molecule has 0 aliphatic carbocycles. The van der Waals surface area contributed by atoms with Crippen molar-refractivity contribution in [3.05, 3.63) is 71.0 Å². The van der Waals surface area contributed by atoms with Gasteiger partial charge in [0.15, 0.2) is 4.80 Å². The average molecular weight is 405 g/mol. The molecule has 4 rings (SSSR count). The van der Waals surface area contributed by atoms with Crippen molar-refractivity contribution < 1.29 is 9.53 Å². The molecule has 0 radical (unpaired) electrons. The van der Waals surface area contributed by atoms with E-state index in [4.69, 9.17) is 4.74 Å². The Morgan fingerprint density at radius 1 is 1.03 bits per heavy atom. The van der Waals surface area contributed by atoms with Gasteiger partial charge in [-0.15, -0.1) is 0 Å². The lowest BCUT2D eigenvalue weighted by molar-refractivity contribution is 0.0998. The van der Waals surface area contributed by atoms with E-state index < -0.39 is 0 Å². The van der Waals surface area contributed by atoms with E-state index in [2.05, 4.69) is 36.2 Å². The number of ether oxygens (including phenoxy) is 1. The second kappa shape index (κ2) is 8.62. The van der Waals surface area contributed by atoms with Crippen LogP contribution in [0.4, 0.5) is 0 Å². The topological polar surface area (TPSA) is 43.6 Å². The minimum atomic E-state index is -0.242. The average Bonchev–Trinajstić information content (AvgIpc) is 3.07. The second-order valence-corrected chi connectivity index (χ2v) is 8.05. The van der Waals surface area contributed by atoms with Crippen LogP contribution in [0.3, 0.4) is 0 Å². The molecule has 0 aliphatic heterocycles. The molecule has 1 aromatic heterocycles. The van der Waals surface area contributed by atoms with Gasteiger partial charge in [0.05, 0.1) is 16.8 Å². The summed E-state index contributed by atoms with van der Waals surface area (Å²) < 4.78 is 8.84. The minimum Gasteiger partial charge on any atom is -0.494 e. The molecule has 3 aromatic carbocycles. The van der Waals surface area contributed by atoms with E-state index in [0.29, 0.717) is 17.0 Å². The molecule has 148 valence electrons. The highest BCUT2D eigenvalue weighted by Crippen LogP contribution is 2.27. The van der Waals surface area contributed by atoms with Crippen molar-refractivity contribution in [3.63, 3.8) is 0 Å². The number of amides is 1. The van der Waals surface area contributed by atoms with E-state index in [9.17, 15) is 4.79 Å². The Hall–Kier alpha value is -2.92. The molecule has 0 saturated heterocycles. The highest BCUT2D eigenvalue weighted by molar-refractivity contribution is 7.17. The second-order valence-electron chi connectivity index (χ2n) is 7.08. The van der Waals surface area contributed by atoms with Crippen molar-refractivity contribution in [1.29, 1.82) is 0 Å². The Morgan fingerprint density at radius 3 is 2.62 bits per heavy atom. The maximum absolute atomic E-state index is 12.7. The molecule has 0 unspecified atom stereocenters. The molecule has 0 saturated carbocycles. The predicted molar refractivity (Wildman–Crippen MR) is 120 cm³/mol. The van der Waals surface area contributed by atoms with Crippen LogP contribution < -0.4 is 9.54 Å². The molecule has 0 fully saturated rings. The number of nitrogens with zero attached hydrogens (tertiary/aromatic N) is 2. The molecular formula is C24H24N2O2S. The normalized spacial score (nSPS) is 12.0. The van der Waals surface area contributed by atoms with Crippen LogP contribution in [0, 0.1) is 0 Å². The summed E-state index contributed by atoms with van der Waals surface area (Å²) in [6, 6.07) is 19.7. The van der Waals surface area contributed by atoms with Crippen LogP contribution in [-0.2, 0) is 7.05 Å². The van der Waals surface area contributed by atoms with E-state index in [1.807, 2.05) is 35.9 Å². The molecule has 0 spiro atoms. The molecule has 1 heterocycles. The van der Waals surface area contributed by atoms with Gasteiger partial charge in [-0.1, -0.05) is 61.4 Å². The number of unbranched alkanes of at least 4 members (excludes halogenated alkanes) is 2. The summed E-state index contributed by atoms with van der Waals surface area (Å²) in [5, 5.41) is 2.37. The molecule has 5 heteroatoms. The Bertz CT molecular complexity index is 1220. The summed E-state index contributed by atoms with van der Waals surface area (Å²) in [7, 11) is 1.95. The fourth-order valence-electron chi connectivity index (χ4n) is 3.35. The van der Waals surface area contributed by atoms with E-state index in [-0.39, 0.29) is 5.91 Å². The van der Waals surface area contributed by atoms with Gasteiger partial charge in [0.1, 0.15) is 5.75 Å². The van der Waals surface area contributed by atoms with Crippen molar-refractivity contribution in [2.45, 2.75) is 26.2 Å². The first-order chi connectivity index (χ1) is 14.2. The number of thiazole rings is 1. The Balaban J connectivity index is 1.60. The molecule has 4 aromatic rings. The minimum absolute atomic E-state index is 0.242. The Morgan fingerprint density at radius 2 is 1.83 bits per heavy atom. The zero-order valence-corrected chi connectivity index (χ0v) is 17.5. The van der Waals surface area contributed by atoms with E-state index in [1.54, 1.807) is 23.5 Å². The van der Waals surface area contributed by atoms with Crippen LogP contribution in [0.2, 0.25) is 0 Å². The van der Waals surface area contributed by atoms with Crippen molar-refractivity contribution >= 4 is 38.2 Å². The number of fused-ring (bicyclic) bond motifs is 3. The first kappa shape index (κ1) is 19.4. The van der Waals surface area contributed by atoms with Crippen LogP contribution in [0.25, 0.3) is 21.0 Å². The van der Waals surface area contributed by atoms with Crippen molar-refractivity contribution in [1.82, 2.24) is 4.57 Å². The summed E-state index contributed by atoms with van der Waals surface area (Å²) in [4.78, 5) is 17.8. The lowest BCUT2D eigenvalue weighted by Gasteiger charge is -2.05. The van der Waals surface area contributed by atoms with Crippen molar-refractivity contribution in [2.24, 2.45) is 12.0 Å². The van der Waals surface area contributed by atoms with Gasteiger partial charge in [0.25, 0.3) is 5.91 Å². The number of aryl methyl sites for hydroxylation is 1. The van der Waals surface area contributed by atoms with Crippen LogP contribution in [0.1, 0.15) is 36.5 Å². The molecule has 0 bridgehead atoms. The highest BCUT2D eigenvalue weighted by Gasteiger charge is 2.09. The molecule has 0 atom stereocenters. The standard InChI is InChI=1S/C24H24N2O2S/c1-3-4-7-16-28-19-13-10-18(11-14-19)23(27)25-24-26(2)21-15-12-17-8-5-6-9-20(17)22(21)29-24/h5-6,8-15H,3-4,7,16H2,1-2H3. The molecule has 4 nitrogen and oxygen atoms in total. The maximum atomic E-state index is 12.7. The zero-order chi connectivity index (χ0) is 20.2. The third-order valence-electron chi connectivity index (χ3n) is 5.02. The number of aromatic nitrogens is 1. The lowest BCUT2D eigenvalue weighted by Crippen LogP contribution is -2.13. The van der Waals surface area contributed by atoms with Crippen molar-refractivity contribution in [2.75, 3.05) is 6.61 Å². The van der Waals surface area contributed by atoms with Gasteiger partial charge >= 0.3 is 0 Å². The van der Waals surface area contributed by atoms with Crippen molar-refractivity contribution in [3.8, 4) is 5.75 Å². The van der Waals surface area contributed by atoms with Gasteiger partial charge in [0, 0.05) is 18.0 Å². The molecule has 29 heavy (non-hydrogen) atoms. The number of carbonyl (C=O) groups excluding carboxylic acids is 1. The summed E-state index contributed by atoms with van der Waals surface area (Å²) >= 11 is 1.55. The molecule has 0 N–H and O–H groups in total. The zero-order valence-electron chi connectivity index (χ0n) is 16.7. The fourth-order valence-corrected chi connectivity index (χ4v) is 4.50. The summed E-state index contributed by atoms with van der Waals surface area (Å²) in [6.45, 7) is 2.88. The first-order valence-corrected chi connectivity index (χ1v) is 10.8. The third-order valence-corrected chi connectivity index (χ3v) is 6.20. The number of carbonyl (C=O) groups is 1. The van der Waals surface area contributed by atoms with Crippen LogP contribution >= 0.6 is 11.3 Å². The summed E-state index contributed by atoms with van der Waals surface area (Å²) in [6.07, 6.45) is 3.38. The third kappa shape index (κ3) is 4.10. The molecule has 1 amide bonds. The van der Waals surface area contributed by atoms with Crippen LogP contribution in [0.15, 0.2) is 65.7 Å². The first-order valence-electron chi connectivity index (χ1n) is 9.96. The summed E-state index contributed by atoms with van der Waals surface area (Å²) in [5.41, 5.74) is 1.64. The van der Waals surface area contributed by atoms with Gasteiger partial charge in [-0.25, -0.2) is 0 Å². The molecular weight excluding hydrogens is 380 g/mol. The molecule has 0 aliphatic rings. The monoisotopic (exact) mass is 404 g/mol. The SMILES string of the molecule is CCCCCOc1ccc(C(=O)N=c2sc3c4ccccc4ccc3n2C)cc1. The fraction of sp³-hybridized carbons (Fsp3) is 0.250. The van der Waals surface area contributed by atoms with Crippen LogP contribution in [0.5, 0.6) is 5.75 Å². The van der Waals surface area contributed by atoms with Gasteiger partial charge in [-0.05, 0) is 42.1 Å². The van der Waals surface area contributed by atoms with Crippen LogP contribution in [-0.4, -0.2) is 17.1 Å². The Labute approximate surface area is 174 Å². The van der Waals surface area contributed by atoms with Gasteiger partial charge in [0.2, 0.25) is 0 Å². The number of rotatable bonds is 6. The number of benzene rings is 3. The van der Waals surface area contributed by atoms with Gasteiger partial charge < -0.3 is 9.30 Å². The van der Waals surface area contributed by atoms with E-state index in [1.165, 1.54) is 17.2 Å². The van der Waals surface area contributed by atoms with E-state index in [0.717, 1.165) is 28.8 Å². The smallest absolute Gasteiger partial charge is 0.279 e. The van der Waals surface area contributed by atoms with E-state index >= 15 is 0 Å². The highest BCUT2D eigenvalue weighted by atomic mass is 32.1. The lowest BCUT2D eigenvalue weighted by atomic mass is 10.1. The largest absolute Gasteiger partial charge is 0.494 e. The summed E-state index contributed by atoms with van der Waals surface area (Å²) in [5.74, 6) is 0.547. The predicted octanol–water partition coefficient (Wildman–Crippen LogP) is 5.70. The Kier molecular flexibility index (Phi) is 5.76. The van der Waals surface area contributed by atoms with Gasteiger partial charge in [-0.3, -0.25) is 4.79 Å².